The number of aryl methyl sites for hydroxylation is 2. The smallest absolute Gasteiger partial charge is 0.153 e. The van der Waals surface area contributed by atoms with Crippen LogP contribution >= 0.6 is 15.9 Å². The molecule has 0 saturated carbocycles. The van der Waals surface area contributed by atoms with E-state index in [1.165, 1.54) is 5.56 Å². The largest absolute Gasteiger partial charge is 0.488 e. The molecule has 2 aromatic heterocycles. The van der Waals surface area contributed by atoms with Crippen LogP contribution in [0.25, 0.3) is 22.0 Å². The SMILES string of the molecule is Cc1noc(C)c1-c1cc(Br)c2cnn3c2c1OCC3c1ccccc1. The maximum absolute atomic E-state index is 6.29. The molecule has 0 saturated heterocycles. The minimum atomic E-state index is 0.0491. The highest BCUT2D eigenvalue weighted by molar-refractivity contribution is 9.10. The maximum Gasteiger partial charge on any atom is 0.153 e. The summed E-state index contributed by atoms with van der Waals surface area (Å²) >= 11 is 3.70. The summed E-state index contributed by atoms with van der Waals surface area (Å²) in [5.74, 6) is 1.62. The van der Waals surface area contributed by atoms with Gasteiger partial charge in [0.2, 0.25) is 0 Å². The van der Waals surface area contributed by atoms with Crippen molar-refractivity contribution in [2.24, 2.45) is 0 Å². The first-order chi connectivity index (χ1) is 12.6. The lowest BCUT2D eigenvalue weighted by molar-refractivity contribution is 0.250. The van der Waals surface area contributed by atoms with Crippen LogP contribution in [0.5, 0.6) is 5.75 Å². The van der Waals surface area contributed by atoms with Crippen LogP contribution in [0.4, 0.5) is 0 Å². The highest BCUT2D eigenvalue weighted by Gasteiger charge is 2.30. The van der Waals surface area contributed by atoms with Gasteiger partial charge >= 0.3 is 0 Å². The lowest BCUT2D eigenvalue weighted by Gasteiger charge is -2.27. The molecule has 1 unspecified atom stereocenters. The second kappa shape index (κ2) is 5.71. The Morgan fingerprint density at radius 1 is 1.19 bits per heavy atom. The van der Waals surface area contributed by atoms with Gasteiger partial charge in [0.25, 0.3) is 0 Å². The fourth-order valence-corrected chi connectivity index (χ4v) is 4.26. The molecule has 6 heteroatoms. The standard InChI is InChI=1S/C20H16BrN3O2/c1-11-18(12(2)26-23-11)14-8-16(21)15-9-22-24-17(10-25-20(14)19(15)24)13-6-4-3-5-7-13/h3-9,17H,10H2,1-2H3. The Morgan fingerprint density at radius 2 is 2.00 bits per heavy atom. The third-order valence-electron chi connectivity index (χ3n) is 4.95. The van der Waals surface area contributed by atoms with E-state index in [2.05, 4.69) is 49.1 Å². The third kappa shape index (κ3) is 2.15. The van der Waals surface area contributed by atoms with Crippen LogP contribution in [0, 0.1) is 13.8 Å². The van der Waals surface area contributed by atoms with Crippen LogP contribution in [0.15, 0.2) is 51.6 Å². The molecular weight excluding hydrogens is 394 g/mol. The van der Waals surface area contributed by atoms with Gasteiger partial charge in [-0.3, -0.25) is 4.68 Å². The topological polar surface area (TPSA) is 53.1 Å². The van der Waals surface area contributed by atoms with E-state index in [9.17, 15) is 0 Å². The summed E-state index contributed by atoms with van der Waals surface area (Å²) < 4.78 is 14.7. The summed E-state index contributed by atoms with van der Waals surface area (Å²) in [5.41, 5.74) is 4.99. The number of benzene rings is 2. The van der Waals surface area contributed by atoms with E-state index in [0.29, 0.717) is 6.61 Å². The van der Waals surface area contributed by atoms with Gasteiger partial charge in [0, 0.05) is 15.4 Å². The van der Waals surface area contributed by atoms with E-state index in [1.54, 1.807) is 0 Å². The predicted octanol–water partition coefficient (Wildman–Crippen LogP) is 5.05. The monoisotopic (exact) mass is 409 g/mol. The van der Waals surface area contributed by atoms with Gasteiger partial charge in [-0.05, 0) is 25.5 Å². The highest BCUT2D eigenvalue weighted by atomic mass is 79.9. The van der Waals surface area contributed by atoms with Crippen molar-refractivity contribution < 1.29 is 9.26 Å². The number of ether oxygens (including phenoxy) is 1. The van der Waals surface area contributed by atoms with Gasteiger partial charge in [0.05, 0.1) is 17.5 Å². The van der Waals surface area contributed by atoms with Gasteiger partial charge in [-0.25, -0.2) is 0 Å². The Labute approximate surface area is 158 Å². The molecule has 5 rings (SSSR count). The molecule has 0 amide bonds. The molecule has 1 aliphatic rings. The van der Waals surface area contributed by atoms with Crippen molar-refractivity contribution in [2.75, 3.05) is 6.61 Å². The van der Waals surface area contributed by atoms with Crippen LogP contribution in [0.3, 0.4) is 0 Å². The Balaban J connectivity index is 1.79. The molecule has 26 heavy (non-hydrogen) atoms. The summed E-state index contributed by atoms with van der Waals surface area (Å²) in [4.78, 5) is 0. The molecule has 1 atom stereocenters. The van der Waals surface area contributed by atoms with Gasteiger partial charge in [-0.15, -0.1) is 0 Å². The summed E-state index contributed by atoms with van der Waals surface area (Å²) in [6.45, 7) is 4.41. The number of hydrogen-bond acceptors (Lipinski definition) is 4. The molecule has 0 aliphatic carbocycles. The Kier molecular flexibility index (Phi) is 3.43. The van der Waals surface area contributed by atoms with Gasteiger partial charge in [-0.1, -0.05) is 51.4 Å². The van der Waals surface area contributed by atoms with Crippen molar-refractivity contribution in [1.82, 2.24) is 14.9 Å². The third-order valence-corrected chi connectivity index (χ3v) is 5.61. The number of nitrogens with zero attached hydrogens (tertiary/aromatic N) is 3. The van der Waals surface area contributed by atoms with Crippen LogP contribution in [0.1, 0.15) is 23.1 Å². The van der Waals surface area contributed by atoms with E-state index in [-0.39, 0.29) is 6.04 Å². The molecule has 1 aliphatic heterocycles. The second-order valence-electron chi connectivity index (χ2n) is 6.52. The van der Waals surface area contributed by atoms with Crippen molar-refractivity contribution in [3.8, 4) is 16.9 Å². The van der Waals surface area contributed by atoms with Crippen LogP contribution in [-0.4, -0.2) is 21.5 Å². The fraction of sp³-hybridized carbons (Fsp3) is 0.200. The van der Waals surface area contributed by atoms with Crippen molar-refractivity contribution in [3.05, 3.63) is 64.1 Å². The van der Waals surface area contributed by atoms with E-state index in [1.807, 2.05) is 38.2 Å². The van der Waals surface area contributed by atoms with Crippen LogP contribution < -0.4 is 4.74 Å². The molecule has 2 aromatic carbocycles. The minimum Gasteiger partial charge on any atom is -0.488 e. The number of hydrogen-bond donors (Lipinski definition) is 0. The normalized spacial score (nSPS) is 16.0. The first-order valence-corrected chi connectivity index (χ1v) is 9.25. The molecule has 0 spiro atoms. The molecule has 0 N–H and O–H groups in total. The van der Waals surface area contributed by atoms with Crippen molar-refractivity contribution in [2.45, 2.75) is 19.9 Å². The van der Waals surface area contributed by atoms with E-state index in [4.69, 9.17) is 9.26 Å². The minimum absolute atomic E-state index is 0.0491. The fourth-order valence-electron chi connectivity index (χ4n) is 3.74. The number of aromatic nitrogens is 3. The zero-order valence-electron chi connectivity index (χ0n) is 14.4. The first-order valence-electron chi connectivity index (χ1n) is 8.46. The van der Waals surface area contributed by atoms with Crippen LogP contribution in [0.2, 0.25) is 0 Å². The number of rotatable bonds is 2. The average Bonchev–Trinajstić information content (AvgIpc) is 3.24. The lowest BCUT2D eigenvalue weighted by Crippen LogP contribution is -2.24. The number of halogens is 1. The zero-order chi connectivity index (χ0) is 17.8. The summed E-state index contributed by atoms with van der Waals surface area (Å²) in [6, 6.07) is 12.4. The molecule has 3 heterocycles. The molecule has 5 nitrogen and oxygen atoms in total. The predicted molar refractivity (Wildman–Crippen MR) is 102 cm³/mol. The molecular formula is C20H16BrN3O2. The molecule has 0 radical (unpaired) electrons. The van der Waals surface area contributed by atoms with E-state index >= 15 is 0 Å². The quantitative estimate of drug-likeness (QED) is 0.464. The Hall–Kier alpha value is -2.60. The molecule has 0 fully saturated rings. The summed E-state index contributed by atoms with van der Waals surface area (Å²) in [7, 11) is 0. The Bertz CT molecular complexity index is 1110. The maximum atomic E-state index is 6.29. The summed E-state index contributed by atoms with van der Waals surface area (Å²) in [5, 5.41) is 9.82. The van der Waals surface area contributed by atoms with E-state index in [0.717, 1.165) is 43.7 Å². The second-order valence-corrected chi connectivity index (χ2v) is 7.38. The van der Waals surface area contributed by atoms with E-state index < -0.39 is 0 Å². The Morgan fingerprint density at radius 3 is 2.73 bits per heavy atom. The molecule has 130 valence electrons. The van der Waals surface area contributed by atoms with Gasteiger partial charge < -0.3 is 9.26 Å². The van der Waals surface area contributed by atoms with Gasteiger partial charge in [0.15, 0.2) is 5.75 Å². The van der Waals surface area contributed by atoms with Crippen molar-refractivity contribution in [1.29, 1.82) is 0 Å². The van der Waals surface area contributed by atoms with Gasteiger partial charge in [0.1, 0.15) is 23.9 Å². The van der Waals surface area contributed by atoms with Crippen molar-refractivity contribution >= 4 is 26.8 Å². The lowest BCUT2D eigenvalue weighted by atomic mass is 9.99. The molecule has 4 aromatic rings. The first kappa shape index (κ1) is 15.6. The average molecular weight is 410 g/mol. The molecule has 0 bridgehead atoms. The highest BCUT2D eigenvalue weighted by Crippen LogP contribution is 2.46. The summed E-state index contributed by atoms with van der Waals surface area (Å²) in [6.07, 6.45) is 1.89. The van der Waals surface area contributed by atoms with Crippen molar-refractivity contribution in [3.63, 3.8) is 0 Å². The van der Waals surface area contributed by atoms with Crippen LogP contribution in [-0.2, 0) is 0 Å². The zero-order valence-corrected chi connectivity index (χ0v) is 15.9. The van der Waals surface area contributed by atoms with Gasteiger partial charge in [-0.2, -0.15) is 5.10 Å².